The summed E-state index contributed by atoms with van der Waals surface area (Å²) in [5.41, 5.74) is 0.950. The van der Waals surface area contributed by atoms with Gasteiger partial charge < -0.3 is 9.47 Å². The third kappa shape index (κ3) is 4.37. The fourth-order valence-corrected chi connectivity index (χ4v) is 3.53. The van der Waals surface area contributed by atoms with E-state index >= 15 is 0 Å². The third-order valence-corrected chi connectivity index (χ3v) is 5.44. The maximum absolute atomic E-state index is 12.8. The van der Waals surface area contributed by atoms with Gasteiger partial charge in [0, 0.05) is 19.2 Å². The molecular formula is C18H21NO5S. The van der Waals surface area contributed by atoms with Crippen LogP contribution >= 0.6 is 0 Å². The number of para-hydroxylation sites is 1. The molecule has 0 spiro atoms. The molecule has 0 aliphatic rings. The van der Waals surface area contributed by atoms with Crippen LogP contribution in [0.25, 0.3) is 0 Å². The second kappa shape index (κ2) is 8.13. The van der Waals surface area contributed by atoms with Crippen LogP contribution in [-0.4, -0.2) is 39.5 Å². The van der Waals surface area contributed by atoms with Crippen molar-refractivity contribution in [2.45, 2.75) is 18.4 Å². The van der Waals surface area contributed by atoms with Gasteiger partial charge >= 0.3 is 5.97 Å². The Morgan fingerprint density at radius 2 is 1.84 bits per heavy atom. The summed E-state index contributed by atoms with van der Waals surface area (Å²) >= 11 is 0. The molecule has 0 bridgehead atoms. The first-order valence-electron chi connectivity index (χ1n) is 7.75. The minimum atomic E-state index is -3.76. The van der Waals surface area contributed by atoms with Crippen molar-refractivity contribution >= 4 is 16.0 Å². The van der Waals surface area contributed by atoms with Crippen molar-refractivity contribution in [1.82, 2.24) is 4.31 Å². The number of hydrogen-bond acceptors (Lipinski definition) is 5. The Kier molecular flexibility index (Phi) is 6.17. The smallest absolute Gasteiger partial charge is 0.338 e. The summed E-state index contributed by atoms with van der Waals surface area (Å²) in [4.78, 5) is 11.9. The summed E-state index contributed by atoms with van der Waals surface area (Å²) in [6.07, 6.45) is 0. The van der Waals surface area contributed by atoms with Crippen molar-refractivity contribution in [2.75, 3.05) is 20.8 Å². The van der Waals surface area contributed by atoms with Gasteiger partial charge in [-0.1, -0.05) is 24.3 Å². The van der Waals surface area contributed by atoms with Crippen LogP contribution in [0.2, 0.25) is 0 Å². The molecule has 0 radical (unpaired) electrons. The number of sulfonamides is 1. The Hall–Kier alpha value is -2.38. The van der Waals surface area contributed by atoms with E-state index in [-0.39, 0.29) is 23.6 Å². The van der Waals surface area contributed by atoms with Crippen molar-refractivity contribution < 1.29 is 22.7 Å². The summed E-state index contributed by atoms with van der Waals surface area (Å²) in [5.74, 6) is 0.0664. The maximum Gasteiger partial charge on any atom is 0.338 e. The van der Waals surface area contributed by atoms with Gasteiger partial charge in [-0.3, -0.25) is 0 Å². The van der Waals surface area contributed by atoms with E-state index in [1.54, 1.807) is 19.1 Å². The van der Waals surface area contributed by atoms with E-state index < -0.39 is 16.0 Å². The Bertz CT molecular complexity index is 848. The number of carbonyl (C=O) groups is 1. The molecule has 0 fully saturated rings. The number of esters is 1. The Morgan fingerprint density at radius 1 is 1.12 bits per heavy atom. The molecule has 0 atom stereocenters. The van der Waals surface area contributed by atoms with Crippen LogP contribution < -0.4 is 4.74 Å². The molecule has 2 aromatic rings. The van der Waals surface area contributed by atoms with E-state index in [1.807, 2.05) is 12.1 Å². The maximum atomic E-state index is 12.8. The van der Waals surface area contributed by atoms with Gasteiger partial charge in [-0.25, -0.2) is 13.2 Å². The molecule has 7 heteroatoms. The summed E-state index contributed by atoms with van der Waals surface area (Å²) in [5, 5.41) is 0. The van der Waals surface area contributed by atoms with Gasteiger partial charge in [-0.05, 0) is 31.2 Å². The van der Waals surface area contributed by atoms with Crippen LogP contribution in [0.5, 0.6) is 5.75 Å². The minimum absolute atomic E-state index is 0.0375. The van der Waals surface area contributed by atoms with Gasteiger partial charge in [0.2, 0.25) is 10.0 Å². The summed E-state index contributed by atoms with van der Waals surface area (Å²) < 4.78 is 37.0. The van der Waals surface area contributed by atoms with Crippen molar-refractivity contribution in [2.24, 2.45) is 0 Å². The summed E-state index contributed by atoms with van der Waals surface area (Å²) in [6.45, 7) is 2.07. The average Bonchev–Trinajstić information content (AvgIpc) is 2.62. The molecule has 0 aliphatic carbocycles. The number of benzene rings is 2. The van der Waals surface area contributed by atoms with Gasteiger partial charge in [-0.15, -0.1) is 0 Å². The van der Waals surface area contributed by atoms with Crippen molar-refractivity contribution in [1.29, 1.82) is 0 Å². The standard InChI is InChI=1S/C18H21NO5S/c1-4-24-18(20)14-9-7-10-16(12-14)25(21,22)19(2)13-15-8-5-6-11-17(15)23-3/h5-12H,4,13H2,1-3H3. The molecule has 25 heavy (non-hydrogen) atoms. The first-order valence-corrected chi connectivity index (χ1v) is 9.19. The lowest BCUT2D eigenvalue weighted by Gasteiger charge is -2.19. The molecule has 0 amide bonds. The lowest BCUT2D eigenvalue weighted by Crippen LogP contribution is -2.27. The van der Waals surface area contributed by atoms with E-state index in [0.29, 0.717) is 5.75 Å². The summed E-state index contributed by atoms with van der Waals surface area (Å²) in [6, 6.07) is 13.0. The van der Waals surface area contributed by atoms with Crippen molar-refractivity contribution in [3.05, 3.63) is 59.7 Å². The fourth-order valence-electron chi connectivity index (χ4n) is 2.34. The minimum Gasteiger partial charge on any atom is -0.496 e. The number of rotatable bonds is 7. The Balaban J connectivity index is 2.28. The monoisotopic (exact) mass is 363 g/mol. The highest BCUT2D eigenvalue weighted by molar-refractivity contribution is 7.89. The fraction of sp³-hybridized carbons (Fsp3) is 0.278. The number of methoxy groups -OCH3 is 1. The molecule has 2 rings (SSSR count). The van der Waals surface area contributed by atoms with Gasteiger partial charge in [-0.2, -0.15) is 4.31 Å². The van der Waals surface area contributed by atoms with Crippen molar-refractivity contribution in [3.63, 3.8) is 0 Å². The second-order valence-electron chi connectivity index (χ2n) is 5.32. The van der Waals surface area contributed by atoms with Gasteiger partial charge in [0.1, 0.15) is 5.75 Å². The van der Waals surface area contributed by atoms with E-state index in [4.69, 9.17) is 9.47 Å². The first kappa shape index (κ1) is 19.0. The number of hydrogen-bond donors (Lipinski definition) is 0. The highest BCUT2D eigenvalue weighted by Gasteiger charge is 2.23. The van der Waals surface area contributed by atoms with E-state index in [1.165, 1.54) is 42.7 Å². The highest BCUT2D eigenvalue weighted by atomic mass is 32.2. The molecule has 134 valence electrons. The molecule has 0 unspecified atom stereocenters. The predicted molar refractivity (Wildman–Crippen MR) is 94.0 cm³/mol. The molecule has 0 aliphatic heterocycles. The Labute approximate surface area is 148 Å². The molecule has 0 saturated heterocycles. The Morgan fingerprint density at radius 3 is 2.52 bits per heavy atom. The molecule has 0 heterocycles. The number of nitrogens with zero attached hydrogens (tertiary/aromatic N) is 1. The van der Waals surface area contributed by atoms with Gasteiger partial charge in [0.15, 0.2) is 0 Å². The molecule has 0 N–H and O–H groups in total. The predicted octanol–water partition coefficient (Wildman–Crippen LogP) is 2.69. The van der Waals surface area contributed by atoms with Gasteiger partial charge in [0.05, 0.1) is 24.2 Å². The van der Waals surface area contributed by atoms with Crippen LogP contribution in [0.15, 0.2) is 53.4 Å². The SMILES string of the molecule is CCOC(=O)c1cccc(S(=O)(=O)N(C)Cc2ccccc2OC)c1. The molecule has 6 nitrogen and oxygen atoms in total. The molecule has 0 saturated carbocycles. The third-order valence-electron chi connectivity index (χ3n) is 3.64. The highest BCUT2D eigenvalue weighted by Crippen LogP contribution is 2.23. The average molecular weight is 363 g/mol. The first-order chi connectivity index (χ1) is 11.9. The van der Waals surface area contributed by atoms with E-state index in [0.717, 1.165) is 5.56 Å². The second-order valence-corrected chi connectivity index (χ2v) is 7.37. The van der Waals surface area contributed by atoms with Crippen LogP contribution in [0, 0.1) is 0 Å². The zero-order chi connectivity index (χ0) is 18.4. The molecule has 0 aromatic heterocycles. The zero-order valence-corrected chi connectivity index (χ0v) is 15.2. The van der Waals surface area contributed by atoms with Crippen LogP contribution in [0.4, 0.5) is 0 Å². The number of ether oxygens (including phenoxy) is 2. The lowest BCUT2D eigenvalue weighted by atomic mass is 10.2. The van der Waals surface area contributed by atoms with Crippen molar-refractivity contribution in [3.8, 4) is 5.75 Å². The van der Waals surface area contributed by atoms with Crippen LogP contribution in [0.1, 0.15) is 22.8 Å². The number of carbonyl (C=O) groups excluding carboxylic acids is 1. The van der Waals surface area contributed by atoms with Crippen LogP contribution in [-0.2, 0) is 21.3 Å². The lowest BCUT2D eigenvalue weighted by molar-refractivity contribution is 0.0526. The van der Waals surface area contributed by atoms with Crippen LogP contribution in [0.3, 0.4) is 0 Å². The molecular weight excluding hydrogens is 342 g/mol. The summed E-state index contributed by atoms with van der Waals surface area (Å²) in [7, 11) is -0.740. The van der Waals surface area contributed by atoms with Gasteiger partial charge in [0.25, 0.3) is 0 Å². The molecule has 2 aromatic carbocycles. The topological polar surface area (TPSA) is 72.9 Å². The quantitative estimate of drug-likeness (QED) is 0.707. The normalized spacial score (nSPS) is 11.4. The largest absolute Gasteiger partial charge is 0.496 e. The van der Waals surface area contributed by atoms with E-state index in [2.05, 4.69) is 0 Å². The zero-order valence-electron chi connectivity index (χ0n) is 14.4. The van der Waals surface area contributed by atoms with E-state index in [9.17, 15) is 13.2 Å².